The number of pyridine rings is 2. The standard InChI is InChI=1S/C19H19FN6O2.C3H7F/c1-19(2,28)15(20)10-25-18(27)13-9-23-16(6-14(13)22)26-4-3-12-5-11(7-21)8-24-17(12)26;1-2-3-4/h3-6,8-9,15,28H,10H2,1-2H3,(H2,22,23)(H,25,27);2-3H2,1H3. The Morgan fingerprint density at radius 3 is 2.62 bits per heavy atom. The average molecular weight is 444 g/mol. The van der Waals surface area contributed by atoms with Crippen LogP contribution in [0.3, 0.4) is 0 Å². The number of anilines is 1. The summed E-state index contributed by atoms with van der Waals surface area (Å²) < 4.78 is 26.2. The van der Waals surface area contributed by atoms with Gasteiger partial charge in [-0.3, -0.25) is 13.8 Å². The van der Waals surface area contributed by atoms with E-state index in [0.29, 0.717) is 23.4 Å². The number of amides is 1. The Bertz CT molecular complexity index is 1120. The van der Waals surface area contributed by atoms with Crippen LogP contribution in [0.15, 0.2) is 36.8 Å². The molecule has 0 spiro atoms. The maximum atomic E-state index is 13.8. The number of fused-ring (bicyclic) bond motifs is 1. The normalized spacial score (nSPS) is 11.9. The number of halogens is 2. The van der Waals surface area contributed by atoms with Gasteiger partial charge in [0, 0.05) is 35.7 Å². The fourth-order valence-electron chi connectivity index (χ4n) is 2.58. The minimum Gasteiger partial charge on any atom is -0.398 e. The lowest BCUT2D eigenvalue weighted by atomic mass is 10.0. The van der Waals surface area contributed by atoms with Crippen molar-refractivity contribution in [1.29, 1.82) is 5.26 Å². The first kappa shape index (κ1) is 24.7. The number of hydrogen-bond acceptors (Lipinski definition) is 6. The van der Waals surface area contributed by atoms with Crippen LogP contribution in [0.2, 0.25) is 0 Å². The van der Waals surface area contributed by atoms with E-state index in [1.165, 1.54) is 32.3 Å². The quantitative estimate of drug-likeness (QED) is 0.536. The number of nitrogens with one attached hydrogen (secondary N) is 1. The van der Waals surface area contributed by atoms with Gasteiger partial charge in [-0.1, -0.05) is 6.92 Å². The number of carbonyl (C=O) groups excluding carboxylic acids is 1. The van der Waals surface area contributed by atoms with Gasteiger partial charge < -0.3 is 16.2 Å². The zero-order chi connectivity index (χ0) is 23.9. The SMILES string of the molecule is CC(C)(O)C(F)CNC(=O)c1cnc(-n2ccc3cc(C#N)cnc32)cc1N.CCCF. The van der Waals surface area contributed by atoms with Gasteiger partial charge in [0.2, 0.25) is 0 Å². The van der Waals surface area contributed by atoms with Crippen LogP contribution in [0.25, 0.3) is 16.9 Å². The second kappa shape index (κ2) is 10.6. The molecule has 170 valence electrons. The van der Waals surface area contributed by atoms with Crippen molar-refractivity contribution in [1.82, 2.24) is 19.9 Å². The first-order chi connectivity index (χ1) is 15.1. The molecule has 0 fully saturated rings. The van der Waals surface area contributed by atoms with Crippen molar-refractivity contribution < 1.29 is 18.7 Å². The Morgan fingerprint density at radius 2 is 2.06 bits per heavy atom. The molecule has 1 amide bonds. The van der Waals surface area contributed by atoms with Crippen molar-refractivity contribution in [2.45, 2.75) is 39.0 Å². The molecule has 3 heterocycles. The van der Waals surface area contributed by atoms with Crippen molar-refractivity contribution in [2.75, 3.05) is 19.0 Å². The van der Waals surface area contributed by atoms with Crippen molar-refractivity contribution in [2.24, 2.45) is 0 Å². The van der Waals surface area contributed by atoms with E-state index >= 15 is 0 Å². The second-order valence-electron chi connectivity index (χ2n) is 7.58. The van der Waals surface area contributed by atoms with E-state index in [1.54, 1.807) is 29.8 Å². The van der Waals surface area contributed by atoms with E-state index in [4.69, 9.17) is 11.0 Å². The molecular formula is C22H26F2N6O2. The molecule has 8 nitrogen and oxygen atoms in total. The van der Waals surface area contributed by atoms with Crippen LogP contribution >= 0.6 is 0 Å². The summed E-state index contributed by atoms with van der Waals surface area (Å²) in [4.78, 5) is 20.8. The summed E-state index contributed by atoms with van der Waals surface area (Å²) in [5, 5.41) is 21.7. The van der Waals surface area contributed by atoms with Gasteiger partial charge in [0.1, 0.15) is 23.7 Å². The van der Waals surface area contributed by atoms with Gasteiger partial charge >= 0.3 is 0 Å². The number of aliphatic hydroxyl groups is 1. The molecule has 4 N–H and O–H groups in total. The molecule has 0 saturated heterocycles. The Morgan fingerprint density at radius 1 is 1.38 bits per heavy atom. The van der Waals surface area contributed by atoms with Gasteiger partial charge in [-0.05, 0) is 32.4 Å². The molecule has 0 radical (unpaired) electrons. The highest BCUT2D eigenvalue weighted by Gasteiger charge is 2.27. The third-order valence-electron chi connectivity index (χ3n) is 4.47. The van der Waals surface area contributed by atoms with Crippen LogP contribution in [-0.2, 0) is 0 Å². The first-order valence-corrected chi connectivity index (χ1v) is 9.96. The number of nitrogens with two attached hydrogens (primary N) is 1. The molecule has 0 aliphatic rings. The molecule has 0 aliphatic heterocycles. The maximum Gasteiger partial charge on any atom is 0.255 e. The van der Waals surface area contributed by atoms with Crippen LogP contribution in [0, 0.1) is 11.3 Å². The van der Waals surface area contributed by atoms with Gasteiger partial charge in [0.15, 0.2) is 0 Å². The summed E-state index contributed by atoms with van der Waals surface area (Å²) in [6, 6.07) is 7.04. The minimum atomic E-state index is -1.62. The van der Waals surface area contributed by atoms with Gasteiger partial charge in [0.25, 0.3) is 5.91 Å². The Kier molecular flexibility index (Phi) is 8.21. The zero-order valence-corrected chi connectivity index (χ0v) is 18.1. The topological polar surface area (TPSA) is 130 Å². The molecule has 1 atom stereocenters. The highest BCUT2D eigenvalue weighted by molar-refractivity contribution is 5.99. The van der Waals surface area contributed by atoms with Crippen molar-refractivity contribution in [3.63, 3.8) is 0 Å². The van der Waals surface area contributed by atoms with Gasteiger partial charge in [0.05, 0.1) is 29.9 Å². The third kappa shape index (κ3) is 5.98. The summed E-state index contributed by atoms with van der Waals surface area (Å²) in [7, 11) is 0. The lowest BCUT2D eigenvalue weighted by molar-refractivity contribution is -0.00177. The third-order valence-corrected chi connectivity index (χ3v) is 4.47. The zero-order valence-electron chi connectivity index (χ0n) is 18.1. The van der Waals surface area contributed by atoms with Crippen molar-refractivity contribution in [3.05, 3.63) is 47.9 Å². The van der Waals surface area contributed by atoms with E-state index in [2.05, 4.69) is 15.3 Å². The van der Waals surface area contributed by atoms with Gasteiger partial charge in [-0.15, -0.1) is 0 Å². The Hall–Kier alpha value is -3.58. The average Bonchev–Trinajstić information content (AvgIpc) is 3.19. The first-order valence-electron chi connectivity index (χ1n) is 9.96. The van der Waals surface area contributed by atoms with Crippen LogP contribution in [-0.4, -0.2) is 50.5 Å². The van der Waals surface area contributed by atoms with E-state index in [-0.39, 0.29) is 24.5 Å². The second-order valence-corrected chi connectivity index (χ2v) is 7.58. The molecule has 3 rings (SSSR count). The molecule has 0 aromatic carbocycles. The van der Waals surface area contributed by atoms with E-state index in [1.807, 2.05) is 6.07 Å². The van der Waals surface area contributed by atoms with Crippen LogP contribution < -0.4 is 11.1 Å². The predicted octanol–water partition coefficient (Wildman–Crippen LogP) is 3.08. The maximum absolute atomic E-state index is 13.8. The molecule has 1 unspecified atom stereocenters. The number of carbonyl (C=O) groups is 1. The molecule has 3 aromatic heterocycles. The largest absolute Gasteiger partial charge is 0.398 e. The number of aromatic nitrogens is 3. The molecule has 0 aliphatic carbocycles. The van der Waals surface area contributed by atoms with Crippen molar-refractivity contribution >= 4 is 22.6 Å². The number of hydrogen-bond donors (Lipinski definition) is 3. The van der Waals surface area contributed by atoms with Crippen LogP contribution in [0.1, 0.15) is 43.1 Å². The number of rotatable bonds is 6. The molecule has 3 aromatic rings. The van der Waals surface area contributed by atoms with Crippen LogP contribution in [0.5, 0.6) is 0 Å². The van der Waals surface area contributed by atoms with E-state index in [0.717, 1.165) is 5.39 Å². The number of nitrogen functional groups attached to an aromatic ring is 1. The lowest BCUT2D eigenvalue weighted by Gasteiger charge is -2.22. The summed E-state index contributed by atoms with van der Waals surface area (Å²) in [5.41, 5.74) is 5.73. The summed E-state index contributed by atoms with van der Waals surface area (Å²) in [6.45, 7) is 3.92. The lowest BCUT2D eigenvalue weighted by Crippen LogP contribution is -2.42. The minimum absolute atomic E-state index is 0.0999. The monoisotopic (exact) mass is 444 g/mol. The predicted molar refractivity (Wildman–Crippen MR) is 118 cm³/mol. The molecule has 10 heteroatoms. The number of nitriles is 1. The van der Waals surface area contributed by atoms with E-state index < -0.39 is 17.7 Å². The van der Waals surface area contributed by atoms with Gasteiger partial charge in [-0.2, -0.15) is 5.26 Å². The summed E-state index contributed by atoms with van der Waals surface area (Å²) in [5.74, 6) is -0.140. The van der Waals surface area contributed by atoms with Gasteiger partial charge in [-0.25, -0.2) is 14.4 Å². The molecule has 0 saturated carbocycles. The fraction of sp³-hybridized carbons (Fsp3) is 0.364. The molecular weight excluding hydrogens is 418 g/mol. The van der Waals surface area contributed by atoms with Crippen LogP contribution in [0.4, 0.5) is 14.5 Å². The van der Waals surface area contributed by atoms with Crippen molar-refractivity contribution in [3.8, 4) is 11.9 Å². The highest BCUT2D eigenvalue weighted by atomic mass is 19.1. The molecule has 32 heavy (non-hydrogen) atoms. The Balaban J connectivity index is 0.000000837. The smallest absolute Gasteiger partial charge is 0.255 e. The fourth-order valence-corrected chi connectivity index (χ4v) is 2.58. The highest BCUT2D eigenvalue weighted by Crippen LogP contribution is 2.21. The Labute approximate surface area is 184 Å². The summed E-state index contributed by atoms with van der Waals surface area (Å²) in [6.07, 6.45) is 3.52. The molecule has 0 bridgehead atoms. The summed E-state index contributed by atoms with van der Waals surface area (Å²) >= 11 is 0. The van der Waals surface area contributed by atoms with E-state index in [9.17, 15) is 18.7 Å². The number of alkyl halides is 2. The number of nitrogens with zero attached hydrogens (tertiary/aromatic N) is 4.